The second-order valence-corrected chi connectivity index (χ2v) is 7.64. The van der Waals surface area contributed by atoms with Crippen LogP contribution in [0.1, 0.15) is 33.6 Å². The highest BCUT2D eigenvalue weighted by molar-refractivity contribution is 6.35. The summed E-state index contributed by atoms with van der Waals surface area (Å²) in [4.78, 5) is 18.2. The maximum Gasteiger partial charge on any atom is 0.410 e. The van der Waals surface area contributed by atoms with E-state index in [1.807, 2.05) is 45.0 Å². The number of hydrogen-bond acceptors (Lipinski definition) is 4. The van der Waals surface area contributed by atoms with Crippen molar-refractivity contribution in [2.75, 3.05) is 13.1 Å². The molecule has 1 aliphatic heterocycles. The summed E-state index contributed by atoms with van der Waals surface area (Å²) >= 11 is 6.20. The van der Waals surface area contributed by atoms with Crippen LogP contribution in [0.4, 0.5) is 4.79 Å². The summed E-state index contributed by atoms with van der Waals surface area (Å²) in [6.45, 7) is 6.88. The SMILES string of the molecule is CC(C)(C)OC(=O)N1CCC(Oc2ccc(Cl)c3ncccc23)CC1. The van der Waals surface area contributed by atoms with Crippen molar-refractivity contribution in [3.8, 4) is 5.75 Å². The zero-order chi connectivity index (χ0) is 18.0. The molecular formula is C19H23ClN2O3. The van der Waals surface area contributed by atoms with E-state index in [0.717, 1.165) is 29.5 Å². The molecule has 1 aromatic carbocycles. The molecule has 0 atom stereocenters. The fraction of sp³-hybridized carbons (Fsp3) is 0.474. The van der Waals surface area contributed by atoms with Crippen LogP contribution in [0.25, 0.3) is 10.9 Å². The van der Waals surface area contributed by atoms with Gasteiger partial charge in [0.1, 0.15) is 17.5 Å². The molecule has 0 unspecified atom stereocenters. The topological polar surface area (TPSA) is 51.7 Å². The Morgan fingerprint density at radius 2 is 1.96 bits per heavy atom. The first-order valence-corrected chi connectivity index (χ1v) is 8.89. The number of carbonyl (C=O) groups is 1. The summed E-state index contributed by atoms with van der Waals surface area (Å²) in [5, 5.41) is 1.52. The zero-order valence-electron chi connectivity index (χ0n) is 14.8. The molecule has 0 aliphatic carbocycles. The molecule has 0 N–H and O–H groups in total. The summed E-state index contributed by atoms with van der Waals surface area (Å²) < 4.78 is 11.6. The molecule has 0 radical (unpaired) electrons. The number of pyridine rings is 1. The monoisotopic (exact) mass is 362 g/mol. The van der Waals surface area contributed by atoms with E-state index in [0.29, 0.717) is 18.1 Å². The molecule has 134 valence electrons. The Balaban J connectivity index is 1.63. The molecule has 1 fully saturated rings. The number of carbonyl (C=O) groups excluding carboxylic acids is 1. The quantitative estimate of drug-likeness (QED) is 0.779. The van der Waals surface area contributed by atoms with E-state index in [9.17, 15) is 4.79 Å². The number of halogens is 1. The maximum absolute atomic E-state index is 12.1. The minimum atomic E-state index is -0.473. The van der Waals surface area contributed by atoms with Crippen LogP contribution in [0.5, 0.6) is 5.75 Å². The van der Waals surface area contributed by atoms with E-state index < -0.39 is 5.60 Å². The van der Waals surface area contributed by atoms with E-state index in [1.54, 1.807) is 11.1 Å². The van der Waals surface area contributed by atoms with Crippen molar-refractivity contribution >= 4 is 28.6 Å². The predicted octanol–water partition coefficient (Wildman–Crippen LogP) is 4.67. The molecular weight excluding hydrogens is 340 g/mol. The van der Waals surface area contributed by atoms with Crippen LogP contribution >= 0.6 is 11.6 Å². The van der Waals surface area contributed by atoms with Crippen LogP contribution in [0.2, 0.25) is 5.02 Å². The van der Waals surface area contributed by atoms with Crippen molar-refractivity contribution in [1.29, 1.82) is 0 Å². The third-order valence-electron chi connectivity index (χ3n) is 4.07. The number of piperidine rings is 1. The van der Waals surface area contributed by atoms with Crippen LogP contribution < -0.4 is 4.74 Å². The molecule has 0 bridgehead atoms. The van der Waals surface area contributed by atoms with Gasteiger partial charge in [-0.1, -0.05) is 11.6 Å². The van der Waals surface area contributed by atoms with Gasteiger partial charge in [-0.15, -0.1) is 0 Å². The number of hydrogen-bond donors (Lipinski definition) is 0. The number of fused-ring (bicyclic) bond motifs is 1. The van der Waals surface area contributed by atoms with Gasteiger partial charge in [-0.2, -0.15) is 0 Å². The van der Waals surface area contributed by atoms with Gasteiger partial charge in [0, 0.05) is 37.5 Å². The lowest BCUT2D eigenvalue weighted by atomic mass is 10.1. The Bertz CT molecular complexity index is 765. The molecule has 0 saturated carbocycles. The Morgan fingerprint density at radius 1 is 1.24 bits per heavy atom. The number of amides is 1. The van der Waals surface area contributed by atoms with E-state index in [4.69, 9.17) is 21.1 Å². The first-order chi connectivity index (χ1) is 11.8. The van der Waals surface area contributed by atoms with Gasteiger partial charge in [0.05, 0.1) is 10.5 Å². The molecule has 3 rings (SSSR count). The standard InChI is InChI=1S/C19H23ClN2O3/c1-19(2,3)25-18(23)22-11-8-13(9-12-22)24-16-7-6-15(20)17-14(16)5-4-10-21-17/h4-7,10,13H,8-9,11-12H2,1-3H3. The number of likely N-dealkylation sites (tertiary alicyclic amines) is 1. The van der Waals surface area contributed by atoms with Crippen LogP contribution in [-0.4, -0.2) is 40.8 Å². The van der Waals surface area contributed by atoms with Crippen molar-refractivity contribution in [3.05, 3.63) is 35.5 Å². The molecule has 2 heterocycles. The van der Waals surface area contributed by atoms with Gasteiger partial charge in [-0.25, -0.2) is 4.79 Å². The molecule has 1 aromatic heterocycles. The second kappa shape index (κ2) is 7.08. The average Bonchev–Trinajstić information content (AvgIpc) is 2.57. The van der Waals surface area contributed by atoms with Gasteiger partial charge < -0.3 is 14.4 Å². The lowest BCUT2D eigenvalue weighted by molar-refractivity contribution is 0.0128. The molecule has 1 saturated heterocycles. The summed E-state index contributed by atoms with van der Waals surface area (Å²) in [6.07, 6.45) is 3.06. The third kappa shape index (κ3) is 4.34. The lowest BCUT2D eigenvalue weighted by Crippen LogP contribution is -2.44. The van der Waals surface area contributed by atoms with Gasteiger partial charge in [0.25, 0.3) is 0 Å². The first kappa shape index (κ1) is 17.8. The minimum Gasteiger partial charge on any atom is -0.490 e. The van der Waals surface area contributed by atoms with Gasteiger partial charge in [-0.05, 0) is 45.0 Å². The van der Waals surface area contributed by atoms with Gasteiger partial charge in [-0.3, -0.25) is 4.98 Å². The first-order valence-electron chi connectivity index (χ1n) is 8.51. The number of rotatable bonds is 2. The van der Waals surface area contributed by atoms with Crippen LogP contribution in [-0.2, 0) is 4.74 Å². The van der Waals surface area contributed by atoms with Crippen molar-refractivity contribution in [2.45, 2.75) is 45.3 Å². The van der Waals surface area contributed by atoms with Crippen LogP contribution in [0.3, 0.4) is 0 Å². The molecule has 6 heteroatoms. The Morgan fingerprint density at radius 3 is 2.64 bits per heavy atom. The molecule has 0 spiro atoms. The van der Waals surface area contributed by atoms with Gasteiger partial charge in [0.15, 0.2) is 0 Å². The lowest BCUT2D eigenvalue weighted by Gasteiger charge is -2.33. The highest BCUT2D eigenvalue weighted by atomic mass is 35.5. The van der Waals surface area contributed by atoms with Crippen molar-refractivity contribution < 1.29 is 14.3 Å². The summed E-state index contributed by atoms with van der Waals surface area (Å²) in [6, 6.07) is 7.52. The Hall–Kier alpha value is -2.01. The van der Waals surface area contributed by atoms with Crippen LogP contribution in [0.15, 0.2) is 30.5 Å². The van der Waals surface area contributed by atoms with Gasteiger partial charge in [0.2, 0.25) is 0 Å². The largest absolute Gasteiger partial charge is 0.490 e. The van der Waals surface area contributed by atoms with E-state index >= 15 is 0 Å². The van der Waals surface area contributed by atoms with E-state index in [2.05, 4.69) is 4.98 Å². The fourth-order valence-electron chi connectivity index (χ4n) is 2.88. The molecule has 2 aromatic rings. The van der Waals surface area contributed by atoms with Crippen LogP contribution in [0, 0.1) is 0 Å². The smallest absolute Gasteiger partial charge is 0.410 e. The Kier molecular flexibility index (Phi) is 5.04. The number of ether oxygens (including phenoxy) is 2. The minimum absolute atomic E-state index is 0.0586. The second-order valence-electron chi connectivity index (χ2n) is 7.23. The Labute approximate surface area is 152 Å². The number of benzene rings is 1. The van der Waals surface area contributed by atoms with E-state index in [-0.39, 0.29) is 12.2 Å². The van der Waals surface area contributed by atoms with Crippen molar-refractivity contribution in [2.24, 2.45) is 0 Å². The third-order valence-corrected chi connectivity index (χ3v) is 4.37. The van der Waals surface area contributed by atoms with Gasteiger partial charge >= 0.3 is 6.09 Å². The van der Waals surface area contributed by atoms with E-state index in [1.165, 1.54) is 0 Å². The molecule has 1 amide bonds. The normalized spacial score (nSPS) is 16.1. The van der Waals surface area contributed by atoms with Crippen molar-refractivity contribution in [1.82, 2.24) is 9.88 Å². The average molecular weight is 363 g/mol. The highest BCUT2D eigenvalue weighted by Gasteiger charge is 2.27. The molecule has 25 heavy (non-hydrogen) atoms. The molecule has 1 aliphatic rings. The predicted molar refractivity (Wildman–Crippen MR) is 98.2 cm³/mol. The maximum atomic E-state index is 12.1. The zero-order valence-corrected chi connectivity index (χ0v) is 15.5. The van der Waals surface area contributed by atoms with Crippen molar-refractivity contribution in [3.63, 3.8) is 0 Å². The number of nitrogens with zero attached hydrogens (tertiary/aromatic N) is 2. The summed E-state index contributed by atoms with van der Waals surface area (Å²) in [7, 11) is 0. The fourth-order valence-corrected chi connectivity index (χ4v) is 3.09. The summed E-state index contributed by atoms with van der Waals surface area (Å²) in [5.74, 6) is 0.781. The summed E-state index contributed by atoms with van der Waals surface area (Å²) in [5.41, 5.74) is 0.271. The molecule has 5 nitrogen and oxygen atoms in total. The highest BCUT2D eigenvalue weighted by Crippen LogP contribution is 2.31. The number of aromatic nitrogens is 1.